The van der Waals surface area contributed by atoms with Gasteiger partial charge in [0.05, 0.1) is 18.0 Å². The molecule has 2 aromatic rings. The summed E-state index contributed by atoms with van der Waals surface area (Å²) in [4.78, 5) is 26.1. The molecule has 0 unspecified atom stereocenters. The van der Waals surface area contributed by atoms with E-state index in [1.807, 2.05) is 36.4 Å². The highest BCUT2D eigenvalue weighted by Crippen LogP contribution is 2.17. The number of amides is 1. The predicted octanol–water partition coefficient (Wildman–Crippen LogP) is 0.829. The van der Waals surface area contributed by atoms with Crippen molar-refractivity contribution in [1.29, 1.82) is 0 Å². The standard InChI is InChI=1S/C18H13N3O3/c1-23-13-7-8-15-12(9-13)10-14(17(22)19-15)16-20-18(24-21-16)11-5-3-2-4-6-11/h2-10,21H,1H3/b16-14-. The molecule has 2 aromatic carbocycles. The van der Waals surface area contributed by atoms with Crippen LogP contribution in [0, 0.1) is 0 Å². The van der Waals surface area contributed by atoms with Crippen molar-refractivity contribution < 1.29 is 14.4 Å². The molecule has 0 aromatic heterocycles. The summed E-state index contributed by atoms with van der Waals surface area (Å²) in [7, 11) is 1.59. The first-order valence-corrected chi connectivity index (χ1v) is 7.35. The molecule has 0 radical (unpaired) electrons. The Morgan fingerprint density at radius 3 is 2.71 bits per heavy atom. The number of ether oxygens (including phenoxy) is 1. The van der Waals surface area contributed by atoms with Crippen LogP contribution in [0.15, 0.2) is 69.9 Å². The van der Waals surface area contributed by atoms with Gasteiger partial charge in [-0.15, -0.1) is 0 Å². The van der Waals surface area contributed by atoms with E-state index >= 15 is 0 Å². The van der Waals surface area contributed by atoms with Crippen LogP contribution in [0.4, 0.5) is 0 Å². The number of methoxy groups -OCH3 is 1. The molecule has 2 heterocycles. The molecule has 1 N–H and O–H groups in total. The predicted molar refractivity (Wildman–Crippen MR) is 87.5 cm³/mol. The number of aliphatic imine (C=N–C) groups is 1. The maximum absolute atomic E-state index is 12.3. The molecule has 24 heavy (non-hydrogen) atoms. The first kappa shape index (κ1) is 14.2. The van der Waals surface area contributed by atoms with Gasteiger partial charge in [0.15, 0.2) is 5.82 Å². The summed E-state index contributed by atoms with van der Waals surface area (Å²) in [6, 6.07) is 14.8. The molecule has 0 bridgehead atoms. The molecule has 6 heteroatoms. The van der Waals surface area contributed by atoms with Gasteiger partial charge < -0.3 is 9.57 Å². The number of carbonyl (C=O) groups is 1. The number of rotatable bonds is 2. The van der Waals surface area contributed by atoms with Gasteiger partial charge in [-0.2, -0.15) is 4.99 Å². The van der Waals surface area contributed by atoms with Crippen molar-refractivity contribution in [2.45, 2.75) is 0 Å². The van der Waals surface area contributed by atoms with Crippen LogP contribution in [0.2, 0.25) is 0 Å². The van der Waals surface area contributed by atoms with Gasteiger partial charge in [-0.25, -0.2) is 10.5 Å². The summed E-state index contributed by atoms with van der Waals surface area (Å²) in [6.45, 7) is 0. The topological polar surface area (TPSA) is 72.3 Å². The number of hydrogen-bond acceptors (Lipinski definition) is 5. The van der Waals surface area contributed by atoms with E-state index in [1.165, 1.54) is 0 Å². The summed E-state index contributed by atoms with van der Waals surface area (Å²) in [6.07, 6.45) is 1.73. The van der Waals surface area contributed by atoms with Crippen LogP contribution in [0.5, 0.6) is 5.75 Å². The average Bonchev–Trinajstić information content (AvgIpc) is 3.11. The number of hydrogen-bond donors (Lipinski definition) is 1. The normalized spacial score (nSPS) is 18.5. The van der Waals surface area contributed by atoms with Crippen LogP contribution in [-0.2, 0) is 9.63 Å². The van der Waals surface area contributed by atoms with E-state index in [1.54, 1.807) is 25.3 Å². The van der Waals surface area contributed by atoms with E-state index in [2.05, 4.69) is 15.5 Å². The minimum absolute atomic E-state index is 0.344. The third-order valence-corrected chi connectivity index (χ3v) is 3.72. The van der Waals surface area contributed by atoms with E-state index in [4.69, 9.17) is 9.57 Å². The number of benzene rings is 2. The molecule has 4 rings (SSSR count). The monoisotopic (exact) mass is 319 g/mol. The summed E-state index contributed by atoms with van der Waals surface area (Å²) in [5.41, 5.74) is 3.87. The van der Waals surface area contributed by atoms with Gasteiger partial charge >= 0.3 is 0 Å². The van der Waals surface area contributed by atoms with E-state index in [-0.39, 0.29) is 5.91 Å². The second kappa shape index (κ2) is 5.66. The minimum Gasteiger partial charge on any atom is -0.497 e. The Bertz CT molecular complexity index is 1010. The third kappa shape index (κ3) is 2.44. The van der Waals surface area contributed by atoms with Crippen molar-refractivity contribution in [1.82, 2.24) is 5.48 Å². The zero-order valence-corrected chi connectivity index (χ0v) is 12.8. The first-order valence-electron chi connectivity index (χ1n) is 7.35. The Morgan fingerprint density at radius 1 is 1.08 bits per heavy atom. The van der Waals surface area contributed by atoms with E-state index < -0.39 is 0 Å². The molecule has 0 fully saturated rings. The maximum Gasteiger partial charge on any atom is 0.281 e. The molecule has 0 aliphatic carbocycles. The van der Waals surface area contributed by atoms with Gasteiger partial charge in [0, 0.05) is 10.8 Å². The lowest BCUT2D eigenvalue weighted by Gasteiger charge is -2.06. The molecule has 2 aliphatic heterocycles. The fraction of sp³-hybridized carbons (Fsp3) is 0.0556. The molecular formula is C18H13N3O3. The van der Waals surface area contributed by atoms with E-state index in [0.29, 0.717) is 28.4 Å². The highest BCUT2D eigenvalue weighted by Gasteiger charge is 2.22. The van der Waals surface area contributed by atoms with Crippen molar-refractivity contribution in [3.63, 3.8) is 0 Å². The number of hydroxylamine groups is 1. The Balaban J connectivity index is 1.81. The zero-order valence-electron chi connectivity index (χ0n) is 12.8. The van der Waals surface area contributed by atoms with Gasteiger partial charge in [0.25, 0.3) is 11.8 Å². The van der Waals surface area contributed by atoms with Crippen LogP contribution < -0.4 is 20.8 Å². The van der Waals surface area contributed by atoms with Crippen LogP contribution >= 0.6 is 0 Å². The second-order valence-electron chi connectivity index (χ2n) is 5.24. The lowest BCUT2D eigenvalue weighted by atomic mass is 10.1. The highest BCUT2D eigenvalue weighted by molar-refractivity contribution is 6.05. The Kier molecular flexibility index (Phi) is 3.35. The average molecular weight is 319 g/mol. The van der Waals surface area contributed by atoms with Crippen molar-refractivity contribution in [3.8, 4) is 5.75 Å². The highest BCUT2D eigenvalue weighted by atomic mass is 16.7. The van der Waals surface area contributed by atoms with Gasteiger partial charge in [-0.3, -0.25) is 4.79 Å². The quantitative estimate of drug-likeness (QED) is 0.832. The van der Waals surface area contributed by atoms with Crippen LogP contribution in [-0.4, -0.2) is 18.9 Å². The fourth-order valence-corrected chi connectivity index (χ4v) is 2.50. The van der Waals surface area contributed by atoms with Crippen LogP contribution in [0.3, 0.4) is 0 Å². The van der Waals surface area contributed by atoms with Crippen molar-refractivity contribution in [2.75, 3.05) is 7.11 Å². The Hall–Kier alpha value is -3.41. The molecular weight excluding hydrogens is 306 g/mol. The lowest BCUT2D eigenvalue weighted by Crippen LogP contribution is -2.31. The zero-order chi connectivity index (χ0) is 16.5. The Morgan fingerprint density at radius 2 is 1.92 bits per heavy atom. The van der Waals surface area contributed by atoms with Crippen LogP contribution in [0.1, 0.15) is 5.56 Å². The number of fused-ring (bicyclic) bond motifs is 1. The smallest absolute Gasteiger partial charge is 0.281 e. The fourth-order valence-electron chi connectivity index (χ4n) is 2.50. The summed E-state index contributed by atoms with van der Waals surface area (Å²) in [5, 5.41) is 1.40. The number of carbonyl (C=O) groups excluding carboxylic acids is 1. The first-order chi connectivity index (χ1) is 11.7. The van der Waals surface area contributed by atoms with E-state index in [0.717, 1.165) is 10.8 Å². The summed E-state index contributed by atoms with van der Waals surface area (Å²) >= 11 is 0. The van der Waals surface area contributed by atoms with Gasteiger partial charge in [-0.1, -0.05) is 18.2 Å². The number of nitrogens with zero attached hydrogens (tertiary/aromatic N) is 2. The lowest BCUT2D eigenvalue weighted by molar-refractivity contribution is -0.114. The summed E-state index contributed by atoms with van der Waals surface area (Å²) < 4.78 is 5.21. The third-order valence-electron chi connectivity index (χ3n) is 3.72. The molecule has 0 spiro atoms. The maximum atomic E-state index is 12.3. The van der Waals surface area contributed by atoms with Crippen molar-refractivity contribution in [3.05, 3.63) is 76.1 Å². The molecule has 118 valence electrons. The van der Waals surface area contributed by atoms with Gasteiger partial charge in [-0.05, 0) is 36.4 Å². The molecule has 0 atom stereocenters. The molecule has 2 aliphatic rings. The van der Waals surface area contributed by atoms with Crippen molar-refractivity contribution >= 4 is 17.9 Å². The molecule has 0 saturated carbocycles. The summed E-state index contributed by atoms with van der Waals surface area (Å²) in [5.74, 6) is 1.09. The van der Waals surface area contributed by atoms with E-state index in [9.17, 15) is 4.79 Å². The number of nitrogens with one attached hydrogen (secondary N) is 1. The molecule has 0 saturated heterocycles. The van der Waals surface area contributed by atoms with Gasteiger partial charge in [0.2, 0.25) is 0 Å². The minimum atomic E-state index is -0.364. The SMILES string of the molecule is COc1ccc2c(c1)=C/C(=C1\N=C(c3ccccc3)ON1)C(=O)N=2. The second-order valence-corrected chi connectivity index (χ2v) is 5.24. The molecule has 1 amide bonds. The molecule has 6 nitrogen and oxygen atoms in total. The van der Waals surface area contributed by atoms with Crippen molar-refractivity contribution in [2.24, 2.45) is 9.98 Å². The Labute approximate surface area is 137 Å². The largest absolute Gasteiger partial charge is 0.497 e. The van der Waals surface area contributed by atoms with Gasteiger partial charge in [0.1, 0.15) is 5.75 Å². The van der Waals surface area contributed by atoms with Crippen LogP contribution in [0.25, 0.3) is 6.08 Å².